The van der Waals surface area contributed by atoms with Crippen LogP contribution in [-0.4, -0.2) is 27.2 Å². The topological polar surface area (TPSA) is 92.2 Å². The molecule has 0 aromatic carbocycles. The minimum Gasteiger partial charge on any atom is -0.481 e. The van der Waals surface area contributed by atoms with Crippen LogP contribution in [-0.2, 0) is 16.0 Å². The first-order valence-electron chi connectivity index (χ1n) is 4.84. The molecule has 0 unspecified atom stereocenters. The van der Waals surface area contributed by atoms with Gasteiger partial charge in [-0.1, -0.05) is 25.2 Å². The van der Waals surface area contributed by atoms with Crippen molar-refractivity contribution in [2.24, 2.45) is 5.92 Å². The molecular formula is C9H13N3O3S. The number of carbonyl (C=O) groups excluding carboxylic acids is 1. The number of anilines is 1. The Kier molecular flexibility index (Phi) is 4.36. The quantitative estimate of drug-likeness (QED) is 0.809. The van der Waals surface area contributed by atoms with Gasteiger partial charge in [0.1, 0.15) is 5.01 Å². The lowest BCUT2D eigenvalue weighted by Crippen LogP contribution is -2.17. The second-order valence-electron chi connectivity index (χ2n) is 3.54. The number of carboxylic acids is 1. The minimum absolute atomic E-state index is 0.0206. The van der Waals surface area contributed by atoms with Gasteiger partial charge in [-0.05, 0) is 0 Å². The van der Waals surface area contributed by atoms with Crippen molar-refractivity contribution in [3.8, 4) is 0 Å². The lowest BCUT2D eigenvalue weighted by atomic mass is 10.2. The molecule has 1 amide bonds. The minimum atomic E-state index is -0.872. The maximum atomic E-state index is 11.3. The van der Waals surface area contributed by atoms with Gasteiger partial charge in [0.15, 0.2) is 0 Å². The molecule has 2 N–H and O–H groups in total. The maximum Gasteiger partial charge on any atom is 0.303 e. The molecule has 1 aromatic rings. The summed E-state index contributed by atoms with van der Waals surface area (Å²) in [6.07, 6.45) is 0.358. The Hall–Kier alpha value is -1.50. The number of nitrogens with zero attached hydrogens (tertiary/aromatic N) is 2. The summed E-state index contributed by atoms with van der Waals surface area (Å²) in [7, 11) is 0. The first-order chi connectivity index (χ1) is 7.49. The SMILES string of the molecule is CC(C)C(=O)Nc1nnc(CCC(=O)O)s1. The lowest BCUT2D eigenvalue weighted by Gasteiger charge is -2.02. The zero-order chi connectivity index (χ0) is 12.1. The second kappa shape index (κ2) is 5.55. The Morgan fingerprint density at radius 3 is 2.69 bits per heavy atom. The largest absolute Gasteiger partial charge is 0.481 e. The van der Waals surface area contributed by atoms with Crippen LogP contribution < -0.4 is 5.32 Å². The van der Waals surface area contributed by atoms with E-state index >= 15 is 0 Å². The molecule has 0 radical (unpaired) electrons. The summed E-state index contributed by atoms with van der Waals surface area (Å²) in [4.78, 5) is 21.7. The zero-order valence-electron chi connectivity index (χ0n) is 9.06. The smallest absolute Gasteiger partial charge is 0.303 e. The fourth-order valence-corrected chi connectivity index (χ4v) is 1.61. The molecule has 16 heavy (non-hydrogen) atoms. The Labute approximate surface area is 96.7 Å². The standard InChI is InChI=1S/C9H13N3O3S/c1-5(2)8(15)10-9-12-11-6(16-9)3-4-7(13)14/h5H,3-4H2,1-2H3,(H,13,14)(H,10,12,15). The maximum absolute atomic E-state index is 11.3. The van der Waals surface area contributed by atoms with Crippen LogP contribution >= 0.6 is 11.3 Å². The van der Waals surface area contributed by atoms with Crippen molar-refractivity contribution < 1.29 is 14.7 Å². The molecule has 7 heteroatoms. The molecule has 0 atom stereocenters. The van der Waals surface area contributed by atoms with Crippen LogP contribution in [0.25, 0.3) is 0 Å². The summed E-state index contributed by atoms with van der Waals surface area (Å²) in [5.41, 5.74) is 0. The average Bonchev–Trinajstić information content (AvgIpc) is 2.62. The first kappa shape index (κ1) is 12.6. The van der Waals surface area contributed by atoms with Crippen molar-refractivity contribution in [1.29, 1.82) is 0 Å². The van der Waals surface area contributed by atoms with E-state index in [0.29, 0.717) is 16.6 Å². The van der Waals surface area contributed by atoms with Crippen LogP contribution in [0.1, 0.15) is 25.3 Å². The Bertz CT molecular complexity index is 389. The van der Waals surface area contributed by atoms with Crippen LogP contribution in [0.4, 0.5) is 5.13 Å². The van der Waals surface area contributed by atoms with Crippen molar-refractivity contribution in [3.05, 3.63) is 5.01 Å². The van der Waals surface area contributed by atoms with Crippen LogP contribution in [0.15, 0.2) is 0 Å². The molecule has 88 valence electrons. The van der Waals surface area contributed by atoms with Gasteiger partial charge in [0.2, 0.25) is 11.0 Å². The van der Waals surface area contributed by atoms with Gasteiger partial charge in [0.25, 0.3) is 0 Å². The van der Waals surface area contributed by atoms with Crippen molar-refractivity contribution in [3.63, 3.8) is 0 Å². The van der Waals surface area contributed by atoms with E-state index in [-0.39, 0.29) is 18.2 Å². The van der Waals surface area contributed by atoms with Crippen LogP contribution in [0.2, 0.25) is 0 Å². The molecule has 0 aliphatic rings. The zero-order valence-corrected chi connectivity index (χ0v) is 9.87. The van der Waals surface area contributed by atoms with Crippen molar-refractivity contribution in [2.45, 2.75) is 26.7 Å². The fourth-order valence-electron chi connectivity index (χ4n) is 0.869. The Balaban J connectivity index is 2.51. The molecule has 0 aliphatic heterocycles. The molecule has 0 aliphatic carbocycles. The van der Waals surface area contributed by atoms with Crippen molar-refractivity contribution in [1.82, 2.24) is 10.2 Å². The number of hydrogen-bond donors (Lipinski definition) is 2. The number of aliphatic carboxylic acids is 1. The third kappa shape index (κ3) is 3.93. The van der Waals surface area contributed by atoms with E-state index in [2.05, 4.69) is 15.5 Å². The molecule has 0 saturated carbocycles. The van der Waals surface area contributed by atoms with E-state index < -0.39 is 5.97 Å². The predicted molar refractivity (Wildman–Crippen MR) is 59.3 cm³/mol. The first-order valence-corrected chi connectivity index (χ1v) is 5.65. The van der Waals surface area contributed by atoms with Crippen molar-refractivity contribution in [2.75, 3.05) is 5.32 Å². The van der Waals surface area contributed by atoms with Gasteiger partial charge in [-0.15, -0.1) is 10.2 Å². The van der Waals surface area contributed by atoms with Crippen molar-refractivity contribution >= 4 is 28.3 Å². The summed E-state index contributed by atoms with van der Waals surface area (Å²) in [6, 6.07) is 0. The van der Waals surface area contributed by atoms with Crippen LogP contribution in [0.5, 0.6) is 0 Å². The lowest BCUT2D eigenvalue weighted by molar-refractivity contribution is -0.137. The van der Waals surface area contributed by atoms with Gasteiger partial charge in [-0.25, -0.2) is 0 Å². The number of aromatic nitrogens is 2. The van der Waals surface area contributed by atoms with Gasteiger partial charge in [0.05, 0.1) is 6.42 Å². The summed E-state index contributed by atoms with van der Waals surface area (Å²) < 4.78 is 0. The monoisotopic (exact) mass is 243 g/mol. The highest BCUT2D eigenvalue weighted by Crippen LogP contribution is 2.17. The molecular weight excluding hydrogens is 230 g/mol. The van der Waals surface area contributed by atoms with E-state index in [1.165, 1.54) is 11.3 Å². The molecule has 0 bridgehead atoms. The van der Waals surface area contributed by atoms with E-state index in [9.17, 15) is 9.59 Å². The Morgan fingerprint density at radius 1 is 1.44 bits per heavy atom. The molecule has 1 heterocycles. The van der Waals surface area contributed by atoms with E-state index in [0.717, 1.165) is 0 Å². The van der Waals surface area contributed by atoms with Crippen LogP contribution in [0.3, 0.4) is 0 Å². The molecule has 1 rings (SSSR count). The predicted octanol–water partition coefficient (Wildman–Crippen LogP) is 1.15. The molecule has 0 saturated heterocycles. The normalized spacial score (nSPS) is 10.4. The third-order valence-electron chi connectivity index (χ3n) is 1.77. The van der Waals surface area contributed by atoms with Gasteiger partial charge in [-0.3, -0.25) is 9.59 Å². The fraction of sp³-hybridized carbons (Fsp3) is 0.556. The van der Waals surface area contributed by atoms with E-state index in [1.54, 1.807) is 13.8 Å². The number of aryl methyl sites for hydroxylation is 1. The molecule has 1 aromatic heterocycles. The highest BCUT2D eigenvalue weighted by molar-refractivity contribution is 7.15. The number of amides is 1. The van der Waals surface area contributed by atoms with E-state index in [4.69, 9.17) is 5.11 Å². The van der Waals surface area contributed by atoms with Gasteiger partial charge in [0, 0.05) is 12.3 Å². The van der Waals surface area contributed by atoms with Crippen LogP contribution in [0, 0.1) is 5.92 Å². The number of rotatable bonds is 5. The molecule has 0 spiro atoms. The summed E-state index contributed by atoms with van der Waals surface area (Å²) >= 11 is 1.20. The molecule has 0 fully saturated rings. The van der Waals surface area contributed by atoms with Gasteiger partial charge in [-0.2, -0.15) is 0 Å². The average molecular weight is 243 g/mol. The summed E-state index contributed by atoms with van der Waals surface area (Å²) in [6.45, 7) is 3.56. The number of carbonyl (C=O) groups is 2. The third-order valence-corrected chi connectivity index (χ3v) is 2.67. The molecule has 6 nitrogen and oxygen atoms in total. The number of nitrogens with one attached hydrogen (secondary N) is 1. The summed E-state index contributed by atoms with van der Waals surface area (Å²) in [5.74, 6) is -1.12. The van der Waals surface area contributed by atoms with Gasteiger partial charge >= 0.3 is 5.97 Å². The summed E-state index contributed by atoms with van der Waals surface area (Å²) in [5, 5.41) is 19.7. The second-order valence-corrected chi connectivity index (χ2v) is 4.60. The van der Waals surface area contributed by atoms with E-state index in [1.807, 2.05) is 0 Å². The highest BCUT2D eigenvalue weighted by atomic mass is 32.1. The Morgan fingerprint density at radius 2 is 2.12 bits per heavy atom. The number of carboxylic acid groups (broad SMARTS) is 1. The number of hydrogen-bond acceptors (Lipinski definition) is 5. The highest BCUT2D eigenvalue weighted by Gasteiger charge is 2.11. The van der Waals surface area contributed by atoms with Gasteiger partial charge < -0.3 is 10.4 Å².